The fourth-order valence-electron chi connectivity index (χ4n) is 5.50. The number of carbonyl (C=O) groups is 2. The Kier molecular flexibility index (Phi) is 5.84. The van der Waals surface area contributed by atoms with E-state index in [0.29, 0.717) is 5.91 Å². The van der Waals surface area contributed by atoms with Gasteiger partial charge in [0.05, 0.1) is 12.1 Å². The van der Waals surface area contributed by atoms with Crippen LogP contribution in [0.3, 0.4) is 0 Å². The molecule has 0 N–H and O–H groups in total. The first-order valence-electron chi connectivity index (χ1n) is 10.9. The summed E-state index contributed by atoms with van der Waals surface area (Å²) in [6, 6.07) is 10.8. The molecule has 28 heavy (non-hydrogen) atoms. The first kappa shape index (κ1) is 19.2. The minimum Gasteiger partial charge on any atom is -0.337 e. The van der Waals surface area contributed by atoms with Crippen LogP contribution in [0.1, 0.15) is 63.4 Å². The number of hydrogen-bond acceptors (Lipinski definition) is 2. The number of allylic oxidation sites excluding steroid dienone is 2. The smallest absolute Gasteiger partial charge is 0.226 e. The third kappa shape index (κ3) is 3.74. The van der Waals surface area contributed by atoms with Crippen LogP contribution in [0.5, 0.6) is 0 Å². The molecule has 0 unspecified atom stereocenters. The molecule has 0 radical (unpaired) electrons. The molecule has 0 spiro atoms. The average molecular weight is 381 g/mol. The summed E-state index contributed by atoms with van der Waals surface area (Å²) < 4.78 is 0. The van der Waals surface area contributed by atoms with E-state index in [9.17, 15) is 9.59 Å². The van der Waals surface area contributed by atoms with E-state index in [2.05, 4.69) is 46.2 Å². The molecule has 0 bridgehead atoms. The summed E-state index contributed by atoms with van der Waals surface area (Å²) >= 11 is 0. The molecule has 3 aliphatic rings. The molecule has 2 amide bonds. The van der Waals surface area contributed by atoms with Crippen molar-refractivity contribution >= 4 is 11.8 Å². The fraction of sp³-hybridized carbons (Fsp3) is 0.583. The van der Waals surface area contributed by atoms with Crippen molar-refractivity contribution in [3.05, 3.63) is 48.0 Å². The number of likely N-dealkylation sites (tertiary alicyclic amines) is 2. The molecular formula is C24H32N2O2. The quantitative estimate of drug-likeness (QED) is 0.724. The van der Waals surface area contributed by atoms with Gasteiger partial charge in [-0.2, -0.15) is 0 Å². The molecule has 4 atom stereocenters. The van der Waals surface area contributed by atoms with E-state index in [0.717, 1.165) is 58.0 Å². The lowest BCUT2D eigenvalue weighted by Gasteiger charge is -2.39. The molecule has 2 aliphatic heterocycles. The lowest BCUT2D eigenvalue weighted by atomic mass is 9.86. The lowest BCUT2D eigenvalue weighted by Crippen LogP contribution is -2.51. The molecule has 0 saturated carbocycles. The maximum absolute atomic E-state index is 13.5. The van der Waals surface area contributed by atoms with Crippen LogP contribution in [0, 0.1) is 5.92 Å². The van der Waals surface area contributed by atoms with Crippen LogP contribution in [-0.4, -0.2) is 46.8 Å². The first-order chi connectivity index (χ1) is 13.7. The Hall–Kier alpha value is -2.10. The van der Waals surface area contributed by atoms with Gasteiger partial charge in [-0.05, 0) is 37.7 Å². The van der Waals surface area contributed by atoms with Gasteiger partial charge < -0.3 is 9.80 Å². The number of rotatable bonds is 2. The molecule has 0 aromatic heterocycles. The van der Waals surface area contributed by atoms with Crippen molar-refractivity contribution < 1.29 is 9.59 Å². The highest BCUT2D eigenvalue weighted by atomic mass is 16.2. The number of fused-ring (bicyclic) bond motifs is 1. The molecule has 4 heteroatoms. The summed E-state index contributed by atoms with van der Waals surface area (Å²) in [4.78, 5) is 30.3. The van der Waals surface area contributed by atoms with Crippen LogP contribution < -0.4 is 0 Å². The minimum atomic E-state index is 0.100. The zero-order valence-electron chi connectivity index (χ0n) is 16.9. The highest BCUT2D eigenvalue weighted by Gasteiger charge is 2.48. The summed E-state index contributed by atoms with van der Waals surface area (Å²) in [5.41, 5.74) is 1.25. The summed E-state index contributed by atoms with van der Waals surface area (Å²) in [7, 11) is 0. The van der Waals surface area contributed by atoms with Crippen LogP contribution in [0.15, 0.2) is 42.5 Å². The third-order valence-corrected chi connectivity index (χ3v) is 6.89. The number of hydrogen-bond donors (Lipinski definition) is 0. The van der Waals surface area contributed by atoms with E-state index in [1.165, 1.54) is 5.56 Å². The second-order valence-corrected chi connectivity index (χ2v) is 8.61. The second kappa shape index (κ2) is 8.50. The molecular weight excluding hydrogens is 348 g/mol. The SMILES string of the molecule is CC(=O)N1CCCCC[C@@H]2[C@@H]1[C@H](c1ccccc1)CN2C(=O)[C@@H]1CC=CCC1. The summed E-state index contributed by atoms with van der Waals surface area (Å²) in [6.07, 6.45) is 11.5. The van der Waals surface area contributed by atoms with Gasteiger partial charge in [0.1, 0.15) is 0 Å². The van der Waals surface area contributed by atoms with Gasteiger partial charge in [-0.1, -0.05) is 55.3 Å². The average Bonchev–Trinajstić information content (AvgIpc) is 3.06. The molecule has 1 aromatic carbocycles. The van der Waals surface area contributed by atoms with Crippen molar-refractivity contribution in [2.45, 2.75) is 69.9 Å². The van der Waals surface area contributed by atoms with Crippen molar-refractivity contribution in [3.63, 3.8) is 0 Å². The van der Waals surface area contributed by atoms with E-state index in [4.69, 9.17) is 0 Å². The molecule has 1 aromatic rings. The second-order valence-electron chi connectivity index (χ2n) is 8.61. The normalized spacial score (nSPS) is 30.5. The Bertz CT molecular complexity index is 729. The monoisotopic (exact) mass is 380 g/mol. The Labute approximate surface area is 168 Å². The zero-order chi connectivity index (χ0) is 19.5. The molecule has 2 heterocycles. The molecule has 2 fully saturated rings. The Balaban J connectivity index is 1.69. The number of benzene rings is 1. The Morgan fingerprint density at radius 1 is 0.964 bits per heavy atom. The van der Waals surface area contributed by atoms with Crippen molar-refractivity contribution in [2.75, 3.05) is 13.1 Å². The van der Waals surface area contributed by atoms with Gasteiger partial charge in [0.2, 0.25) is 11.8 Å². The van der Waals surface area contributed by atoms with Gasteiger partial charge in [-0.15, -0.1) is 0 Å². The van der Waals surface area contributed by atoms with Gasteiger partial charge in [-0.25, -0.2) is 0 Å². The van der Waals surface area contributed by atoms with Crippen LogP contribution in [0.4, 0.5) is 0 Å². The molecule has 1 aliphatic carbocycles. The van der Waals surface area contributed by atoms with E-state index in [1.807, 2.05) is 6.07 Å². The Morgan fingerprint density at radius 3 is 2.50 bits per heavy atom. The van der Waals surface area contributed by atoms with Crippen molar-refractivity contribution in [3.8, 4) is 0 Å². The highest BCUT2D eigenvalue weighted by Crippen LogP contribution is 2.40. The highest BCUT2D eigenvalue weighted by molar-refractivity contribution is 5.81. The Morgan fingerprint density at radius 2 is 1.79 bits per heavy atom. The van der Waals surface area contributed by atoms with Crippen LogP contribution in [0.25, 0.3) is 0 Å². The van der Waals surface area contributed by atoms with Crippen molar-refractivity contribution in [1.82, 2.24) is 9.80 Å². The summed E-state index contributed by atoms with van der Waals surface area (Å²) in [6.45, 7) is 3.24. The van der Waals surface area contributed by atoms with Crippen LogP contribution in [0.2, 0.25) is 0 Å². The lowest BCUT2D eigenvalue weighted by molar-refractivity contribution is -0.139. The first-order valence-corrected chi connectivity index (χ1v) is 10.9. The van der Waals surface area contributed by atoms with Gasteiger partial charge >= 0.3 is 0 Å². The van der Waals surface area contributed by atoms with Gasteiger partial charge in [0.15, 0.2) is 0 Å². The van der Waals surface area contributed by atoms with E-state index in [-0.39, 0.29) is 29.8 Å². The molecule has 4 rings (SSSR count). The minimum absolute atomic E-state index is 0.100. The van der Waals surface area contributed by atoms with E-state index in [1.54, 1.807) is 6.92 Å². The van der Waals surface area contributed by atoms with E-state index >= 15 is 0 Å². The van der Waals surface area contributed by atoms with Crippen LogP contribution >= 0.6 is 0 Å². The third-order valence-electron chi connectivity index (χ3n) is 6.89. The van der Waals surface area contributed by atoms with Gasteiger partial charge in [0, 0.05) is 31.8 Å². The molecule has 4 nitrogen and oxygen atoms in total. The van der Waals surface area contributed by atoms with E-state index < -0.39 is 0 Å². The predicted octanol–water partition coefficient (Wildman–Crippen LogP) is 4.13. The number of amides is 2. The fourth-order valence-corrected chi connectivity index (χ4v) is 5.50. The number of nitrogens with zero attached hydrogens (tertiary/aromatic N) is 2. The molecule has 2 saturated heterocycles. The predicted molar refractivity (Wildman–Crippen MR) is 111 cm³/mol. The summed E-state index contributed by atoms with van der Waals surface area (Å²) in [5.74, 6) is 0.766. The standard InChI is InChI=1S/C24H32N2O2/c1-18(27)25-16-10-4-9-15-22-23(25)21(19-11-5-2-6-12-19)17-26(22)24(28)20-13-7-3-8-14-20/h2-3,5-7,11-12,20-23H,4,8-10,13-17H2,1H3/t20-,21+,22-,23+/m1/s1. The van der Waals surface area contributed by atoms with Crippen LogP contribution in [-0.2, 0) is 9.59 Å². The number of carbonyl (C=O) groups excluding carboxylic acids is 2. The maximum atomic E-state index is 13.5. The van der Waals surface area contributed by atoms with Crippen molar-refractivity contribution in [2.24, 2.45) is 5.92 Å². The largest absolute Gasteiger partial charge is 0.337 e. The van der Waals surface area contributed by atoms with Crippen molar-refractivity contribution in [1.29, 1.82) is 0 Å². The maximum Gasteiger partial charge on any atom is 0.226 e. The summed E-state index contributed by atoms with van der Waals surface area (Å²) in [5, 5.41) is 0. The van der Waals surface area contributed by atoms with Gasteiger partial charge in [-0.3, -0.25) is 9.59 Å². The zero-order valence-corrected chi connectivity index (χ0v) is 16.9. The topological polar surface area (TPSA) is 40.6 Å². The molecule has 150 valence electrons. The van der Waals surface area contributed by atoms with Gasteiger partial charge in [0.25, 0.3) is 0 Å².